The minimum absolute atomic E-state index is 0.152. The maximum absolute atomic E-state index is 10.8. The molecule has 0 heterocycles. The van der Waals surface area contributed by atoms with E-state index in [4.69, 9.17) is 0 Å². The van der Waals surface area contributed by atoms with E-state index in [0.29, 0.717) is 6.42 Å². The predicted octanol–water partition coefficient (Wildman–Crippen LogP) is 3.11. The van der Waals surface area contributed by atoms with Crippen molar-refractivity contribution in [2.45, 2.75) is 38.2 Å². The number of hydrogen-bond donors (Lipinski definition) is 1. The predicted molar refractivity (Wildman–Crippen MR) is 73.6 cm³/mol. The number of benzene rings is 1. The van der Waals surface area contributed by atoms with Gasteiger partial charge in [0.1, 0.15) is 6.10 Å². The van der Waals surface area contributed by atoms with Crippen LogP contribution in [0.2, 0.25) is 0 Å². The maximum Gasteiger partial charge on any atom is 0.220 e. The van der Waals surface area contributed by atoms with Gasteiger partial charge in [-0.15, -0.1) is 0 Å². The fourth-order valence-electron chi connectivity index (χ4n) is 1.60. The Hall–Kier alpha value is -0.420. The van der Waals surface area contributed by atoms with Gasteiger partial charge in [0, 0.05) is 22.6 Å². The number of halogens is 1. The summed E-state index contributed by atoms with van der Waals surface area (Å²) < 4.78 is -0.152. The Morgan fingerprint density at radius 2 is 1.88 bits per heavy atom. The van der Waals surface area contributed by atoms with Crippen LogP contribution in [0.4, 0.5) is 0 Å². The second-order valence-corrected chi connectivity index (χ2v) is 4.97. The van der Waals surface area contributed by atoms with Gasteiger partial charge in [0.2, 0.25) is 3.79 Å². The molecule has 1 unspecified atom stereocenters. The highest BCUT2D eigenvalue weighted by molar-refractivity contribution is 14.1. The van der Waals surface area contributed by atoms with Crippen LogP contribution in [0, 0.1) is 0 Å². The van der Waals surface area contributed by atoms with E-state index in [0.717, 1.165) is 25.7 Å². The highest BCUT2D eigenvalue weighted by atomic mass is 127. The Balaban J connectivity index is 2.07. The average molecular weight is 332 g/mol. The van der Waals surface area contributed by atoms with Crippen molar-refractivity contribution in [3.8, 4) is 0 Å². The molecular formula is C13H17IO2. The van der Waals surface area contributed by atoms with E-state index >= 15 is 0 Å². The molecule has 1 aromatic carbocycles. The van der Waals surface area contributed by atoms with Crippen LogP contribution in [0.5, 0.6) is 0 Å². The molecule has 0 aromatic heterocycles. The van der Waals surface area contributed by atoms with Gasteiger partial charge in [-0.1, -0.05) is 43.2 Å². The van der Waals surface area contributed by atoms with Gasteiger partial charge in [-0.25, -0.2) is 0 Å². The molecule has 1 atom stereocenters. The molecule has 0 spiro atoms. The van der Waals surface area contributed by atoms with Crippen molar-refractivity contribution in [1.29, 1.82) is 0 Å². The Bertz CT molecular complexity index is 311. The van der Waals surface area contributed by atoms with E-state index in [2.05, 4.69) is 12.1 Å². The lowest BCUT2D eigenvalue weighted by atomic mass is 10.1. The molecule has 0 aliphatic heterocycles. The first-order chi connectivity index (χ1) is 7.70. The third kappa shape index (κ3) is 5.61. The Labute approximate surface area is 110 Å². The zero-order valence-electron chi connectivity index (χ0n) is 9.23. The summed E-state index contributed by atoms with van der Waals surface area (Å²) in [6.07, 6.45) is 4.01. The van der Waals surface area contributed by atoms with Gasteiger partial charge in [0.15, 0.2) is 0 Å². The summed E-state index contributed by atoms with van der Waals surface area (Å²) in [4.78, 5) is 10.8. The smallest absolute Gasteiger partial charge is 0.220 e. The molecule has 0 radical (unpaired) electrons. The summed E-state index contributed by atoms with van der Waals surface area (Å²) in [5, 5.41) is 9.29. The highest BCUT2D eigenvalue weighted by Gasteiger charge is 2.09. The molecule has 0 aliphatic rings. The second kappa shape index (κ2) is 7.79. The van der Waals surface area contributed by atoms with E-state index in [1.54, 1.807) is 22.6 Å². The number of carbonyl (C=O) groups excluding carboxylic acids is 1. The van der Waals surface area contributed by atoms with Crippen LogP contribution in [-0.2, 0) is 11.2 Å². The zero-order valence-corrected chi connectivity index (χ0v) is 11.4. The van der Waals surface area contributed by atoms with Crippen LogP contribution in [0.25, 0.3) is 0 Å². The topological polar surface area (TPSA) is 37.3 Å². The third-order valence-corrected chi connectivity index (χ3v) is 3.27. The first-order valence-electron chi connectivity index (χ1n) is 5.61. The van der Waals surface area contributed by atoms with Crippen LogP contribution in [0.3, 0.4) is 0 Å². The van der Waals surface area contributed by atoms with E-state index in [-0.39, 0.29) is 3.79 Å². The summed E-state index contributed by atoms with van der Waals surface area (Å²) in [5.41, 5.74) is 1.35. The third-order valence-electron chi connectivity index (χ3n) is 2.55. The molecule has 1 rings (SSSR count). The number of carbonyl (C=O) groups is 1. The van der Waals surface area contributed by atoms with Crippen LogP contribution in [0.1, 0.15) is 31.2 Å². The lowest BCUT2D eigenvalue weighted by Crippen LogP contribution is -2.13. The van der Waals surface area contributed by atoms with Gasteiger partial charge < -0.3 is 5.11 Å². The average Bonchev–Trinajstić information content (AvgIpc) is 2.29. The highest BCUT2D eigenvalue weighted by Crippen LogP contribution is 2.10. The minimum atomic E-state index is -0.766. The second-order valence-electron chi connectivity index (χ2n) is 3.90. The number of aliphatic hydroxyl groups excluding tert-OH is 1. The molecule has 0 saturated carbocycles. The molecule has 1 aromatic rings. The summed E-state index contributed by atoms with van der Waals surface area (Å²) in [5.74, 6) is 0. The molecule has 0 fully saturated rings. The number of unbranched alkanes of at least 4 members (excludes halogenated alkanes) is 2. The monoisotopic (exact) mass is 332 g/mol. The van der Waals surface area contributed by atoms with Gasteiger partial charge in [-0.3, -0.25) is 4.79 Å². The molecule has 0 bridgehead atoms. The van der Waals surface area contributed by atoms with Crippen LogP contribution in [-0.4, -0.2) is 15.0 Å². The van der Waals surface area contributed by atoms with E-state index in [1.165, 1.54) is 5.56 Å². The Morgan fingerprint density at radius 3 is 2.50 bits per heavy atom. The van der Waals surface area contributed by atoms with Gasteiger partial charge >= 0.3 is 0 Å². The normalized spacial score (nSPS) is 12.4. The molecule has 88 valence electrons. The number of hydrogen-bond acceptors (Lipinski definition) is 2. The molecule has 1 N–H and O–H groups in total. The van der Waals surface area contributed by atoms with Crippen molar-refractivity contribution < 1.29 is 9.90 Å². The molecule has 3 heteroatoms. The molecular weight excluding hydrogens is 315 g/mol. The summed E-state index contributed by atoms with van der Waals surface area (Å²) in [6.45, 7) is 0. The molecule has 0 aliphatic carbocycles. The lowest BCUT2D eigenvalue weighted by Gasteiger charge is -2.05. The van der Waals surface area contributed by atoms with E-state index in [9.17, 15) is 9.90 Å². The Kier molecular flexibility index (Phi) is 6.64. The first kappa shape index (κ1) is 13.6. The van der Waals surface area contributed by atoms with Crippen molar-refractivity contribution in [2.24, 2.45) is 0 Å². The SMILES string of the molecule is O=C(I)C(O)CCCCCc1ccccc1. The maximum atomic E-state index is 10.8. The summed E-state index contributed by atoms with van der Waals surface area (Å²) >= 11 is 1.65. The van der Waals surface area contributed by atoms with Gasteiger partial charge in [0.25, 0.3) is 0 Å². The van der Waals surface area contributed by atoms with Gasteiger partial charge in [-0.05, 0) is 24.8 Å². The summed E-state index contributed by atoms with van der Waals surface area (Å²) in [6, 6.07) is 10.4. The van der Waals surface area contributed by atoms with Crippen molar-refractivity contribution in [2.75, 3.05) is 0 Å². The fraction of sp³-hybridized carbons (Fsp3) is 0.462. The largest absolute Gasteiger partial charge is 0.384 e. The molecule has 0 saturated heterocycles. The lowest BCUT2D eigenvalue weighted by molar-refractivity contribution is -0.116. The quantitative estimate of drug-likeness (QED) is 0.473. The Morgan fingerprint density at radius 1 is 1.19 bits per heavy atom. The van der Waals surface area contributed by atoms with Crippen molar-refractivity contribution >= 4 is 26.4 Å². The van der Waals surface area contributed by atoms with Crippen LogP contribution in [0.15, 0.2) is 30.3 Å². The first-order valence-corrected chi connectivity index (χ1v) is 6.69. The standard InChI is InChI=1S/C13H17IO2/c14-13(16)12(15)10-6-2-5-9-11-7-3-1-4-8-11/h1,3-4,7-8,12,15H,2,5-6,9-10H2. The van der Waals surface area contributed by atoms with Crippen molar-refractivity contribution in [3.05, 3.63) is 35.9 Å². The van der Waals surface area contributed by atoms with Crippen LogP contribution >= 0.6 is 22.6 Å². The van der Waals surface area contributed by atoms with Gasteiger partial charge in [0.05, 0.1) is 0 Å². The molecule has 2 nitrogen and oxygen atoms in total. The zero-order chi connectivity index (χ0) is 11.8. The number of aliphatic hydroxyl groups is 1. The fourth-order valence-corrected chi connectivity index (χ4v) is 1.91. The van der Waals surface area contributed by atoms with E-state index < -0.39 is 6.10 Å². The van der Waals surface area contributed by atoms with Gasteiger partial charge in [-0.2, -0.15) is 0 Å². The summed E-state index contributed by atoms with van der Waals surface area (Å²) in [7, 11) is 0. The van der Waals surface area contributed by atoms with E-state index in [1.807, 2.05) is 18.2 Å². The molecule has 0 amide bonds. The van der Waals surface area contributed by atoms with Crippen LogP contribution < -0.4 is 0 Å². The minimum Gasteiger partial charge on any atom is -0.384 e. The number of aryl methyl sites for hydroxylation is 1. The van der Waals surface area contributed by atoms with Crippen molar-refractivity contribution in [1.82, 2.24) is 0 Å². The number of rotatable bonds is 7. The van der Waals surface area contributed by atoms with Crippen molar-refractivity contribution in [3.63, 3.8) is 0 Å². The molecule has 16 heavy (non-hydrogen) atoms.